The standard InChI is InChI=1S/C61H106N3O4/c1-12-13-14-15-16-17-18-19-20-21-22-23-24-25-27-40-58(65)62-45-29-31-47-63(48-49-64(9,10)11)46-30-26-28-41-59(66)67-57-50-54(6)60-56(55(57)7)42-44-61(8,68-60)43-34-39-53(5)38-33-37-52(4)36-32-35-51(2)3/h19-20,22-23,35,37,39,50,58,62,65H,12-18,21,24-34,36,38,40-49H2,1-11H3/q+1/b20-19+,23-22+,52-37+,53-39+. The van der Waals surface area contributed by atoms with Gasteiger partial charge in [0.1, 0.15) is 23.3 Å². The first-order valence-corrected chi connectivity index (χ1v) is 27.7. The molecule has 1 aromatic rings. The highest BCUT2D eigenvalue weighted by molar-refractivity contribution is 5.73. The van der Waals surface area contributed by atoms with Crippen LogP contribution in [0.25, 0.3) is 0 Å². The SMILES string of the molecule is CCCCCCCC/C=C/C/C=C/CCCCC(O)NCCCCN(CCCCCC(=O)Oc1cc(C)c2c(c1C)CCC(C)(CC/C=C(\C)CC/C=C(\C)CCC=C(C)C)O2)CC[N+](C)(C)C. The molecule has 0 spiro atoms. The molecular formula is C61H106N3O4+. The van der Waals surface area contributed by atoms with Gasteiger partial charge in [0, 0.05) is 18.5 Å². The highest BCUT2D eigenvalue weighted by Crippen LogP contribution is 2.43. The minimum Gasteiger partial charge on any atom is -0.487 e. The summed E-state index contributed by atoms with van der Waals surface area (Å²) in [5.41, 5.74) is 7.41. The number of aryl methyl sites for hydroxylation is 1. The molecule has 7 heteroatoms. The number of unbranched alkanes of at least 4 members (excludes halogenated alkanes) is 11. The number of ether oxygens (including phenoxy) is 2. The van der Waals surface area contributed by atoms with E-state index in [-0.39, 0.29) is 11.6 Å². The van der Waals surface area contributed by atoms with Crippen LogP contribution in [0.1, 0.15) is 219 Å². The largest absolute Gasteiger partial charge is 0.487 e. The van der Waals surface area contributed by atoms with Crippen LogP contribution in [0.5, 0.6) is 11.5 Å². The van der Waals surface area contributed by atoms with Crippen LogP contribution in [0.4, 0.5) is 0 Å². The van der Waals surface area contributed by atoms with Crippen molar-refractivity contribution in [2.24, 2.45) is 0 Å². The Hall–Kier alpha value is -2.97. The number of carbonyl (C=O) groups excluding carboxylic acids is 1. The monoisotopic (exact) mass is 945 g/mol. The zero-order valence-corrected chi connectivity index (χ0v) is 46.2. The lowest BCUT2D eigenvalue weighted by atomic mass is 9.86. The third kappa shape index (κ3) is 29.9. The highest BCUT2D eigenvalue weighted by atomic mass is 16.5. The van der Waals surface area contributed by atoms with E-state index in [4.69, 9.17) is 9.47 Å². The van der Waals surface area contributed by atoms with Crippen LogP contribution in [0.15, 0.2) is 65.3 Å². The molecule has 0 aliphatic carbocycles. The first-order chi connectivity index (χ1) is 32.5. The van der Waals surface area contributed by atoms with E-state index in [0.717, 1.165) is 170 Å². The number of quaternary nitrogens is 1. The van der Waals surface area contributed by atoms with Crippen LogP contribution in [-0.4, -0.2) is 86.2 Å². The zero-order chi connectivity index (χ0) is 50.0. The van der Waals surface area contributed by atoms with Crippen LogP contribution < -0.4 is 14.8 Å². The Bertz CT molecular complexity index is 1680. The average Bonchev–Trinajstić information content (AvgIpc) is 3.27. The number of aliphatic hydroxyl groups excluding tert-OH is 1. The fourth-order valence-corrected chi connectivity index (χ4v) is 9.01. The molecule has 1 heterocycles. The van der Waals surface area contributed by atoms with Gasteiger partial charge in [-0.2, -0.15) is 0 Å². The average molecular weight is 946 g/mol. The Balaban J connectivity index is 1.67. The number of likely N-dealkylation sites (N-methyl/N-ethyl adjacent to an activating group) is 1. The lowest BCUT2D eigenvalue weighted by Gasteiger charge is -2.37. The van der Waals surface area contributed by atoms with Crippen molar-refractivity contribution >= 4 is 5.97 Å². The first-order valence-electron chi connectivity index (χ1n) is 27.7. The maximum Gasteiger partial charge on any atom is 0.311 e. The normalized spacial score (nSPS) is 16.2. The van der Waals surface area contributed by atoms with Gasteiger partial charge in [0.25, 0.3) is 0 Å². The summed E-state index contributed by atoms with van der Waals surface area (Å²) in [5, 5.41) is 13.9. The van der Waals surface area contributed by atoms with E-state index in [2.05, 4.69) is 129 Å². The Morgan fingerprint density at radius 2 is 1.40 bits per heavy atom. The molecule has 0 aromatic heterocycles. The van der Waals surface area contributed by atoms with Gasteiger partial charge in [0.05, 0.1) is 27.7 Å². The number of esters is 1. The highest BCUT2D eigenvalue weighted by Gasteiger charge is 2.33. The summed E-state index contributed by atoms with van der Waals surface area (Å²) in [6, 6.07) is 2.01. The maximum atomic E-state index is 13.1. The molecule has 68 heavy (non-hydrogen) atoms. The van der Waals surface area contributed by atoms with E-state index in [1.807, 2.05) is 6.07 Å². The van der Waals surface area contributed by atoms with Crippen molar-refractivity contribution in [2.45, 2.75) is 234 Å². The van der Waals surface area contributed by atoms with Crippen molar-refractivity contribution in [3.05, 3.63) is 82.0 Å². The molecule has 2 unspecified atom stereocenters. The third-order valence-electron chi connectivity index (χ3n) is 13.7. The predicted octanol–water partition coefficient (Wildman–Crippen LogP) is 15.6. The third-order valence-corrected chi connectivity index (χ3v) is 13.7. The van der Waals surface area contributed by atoms with Crippen molar-refractivity contribution < 1.29 is 23.9 Å². The Morgan fingerprint density at radius 1 is 0.779 bits per heavy atom. The van der Waals surface area contributed by atoms with Crippen molar-refractivity contribution in [3.8, 4) is 11.5 Å². The van der Waals surface area contributed by atoms with Crippen LogP contribution >= 0.6 is 0 Å². The second-order valence-corrected chi connectivity index (χ2v) is 22.0. The molecule has 2 atom stereocenters. The summed E-state index contributed by atoms with van der Waals surface area (Å²) in [7, 11) is 6.77. The van der Waals surface area contributed by atoms with Gasteiger partial charge in [-0.05, 0) is 207 Å². The number of benzene rings is 1. The molecule has 1 aliphatic rings. The molecule has 2 N–H and O–H groups in total. The minimum atomic E-state index is -0.418. The van der Waals surface area contributed by atoms with E-state index in [0.29, 0.717) is 12.2 Å². The van der Waals surface area contributed by atoms with E-state index in [1.54, 1.807) is 0 Å². The number of hydrogen-bond acceptors (Lipinski definition) is 6. The first kappa shape index (κ1) is 61.2. The van der Waals surface area contributed by atoms with Crippen LogP contribution in [0, 0.1) is 13.8 Å². The molecule has 0 saturated carbocycles. The Kier molecular flexibility index (Phi) is 32.4. The van der Waals surface area contributed by atoms with Gasteiger partial charge in [0.15, 0.2) is 0 Å². The van der Waals surface area contributed by atoms with Crippen molar-refractivity contribution in [3.63, 3.8) is 0 Å². The van der Waals surface area contributed by atoms with E-state index in [9.17, 15) is 9.90 Å². The van der Waals surface area contributed by atoms with Gasteiger partial charge >= 0.3 is 5.97 Å². The lowest BCUT2D eigenvalue weighted by molar-refractivity contribution is -0.869. The van der Waals surface area contributed by atoms with Crippen molar-refractivity contribution in [1.29, 1.82) is 0 Å². The van der Waals surface area contributed by atoms with Crippen LogP contribution in [-0.2, 0) is 11.2 Å². The lowest BCUT2D eigenvalue weighted by Crippen LogP contribution is -2.42. The van der Waals surface area contributed by atoms with Crippen LogP contribution in [0.3, 0.4) is 0 Å². The van der Waals surface area contributed by atoms with Gasteiger partial charge < -0.3 is 19.1 Å². The molecule has 2 rings (SSSR count). The van der Waals surface area contributed by atoms with E-state index in [1.165, 1.54) is 67.2 Å². The molecule has 0 bridgehead atoms. The number of allylic oxidation sites excluding steroid dienone is 10. The summed E-state index contributed by atoms with van der Waals surface area (Å²) in [6.45, 7) is 22.7. The molecular weight excluding hydrogens is 839 g/mol. The molecule has 0 radical (unpaired) electrons. The van der Waals surface area contributed by atoms with Gasteiger partial charge in [-0.25, -0.2) is 0 Å². The van der Waals surface area contributed by atoms with Gasteiger partial charge in [-0.15, -0.1) is 0 Å². The minimum absolute atomic E-state index is 0.142. The molecule has 1 aliphatic heterocycles. The second-order valence-electron chi connectivity index (χ2n) is 22.0. The van der Waals surface area contributed by atoms with Gasteiger partial charge in [-0.3, -0.25) is 15.0 Å². The number of fused-ring (bicyclic) bond motifs is 1. The van der Waals surface area contributed by atoms with E-state index >= 15 is 0 Å². The number of nitrogens with one attached hydrogen (secondary N) is 1. The molecule has 0 saturated heterocycles. The zero-order valence-electron chi connectivity index (χ0n) is 46.2. The quantitative estimate of drug-likeness (QED) is 0.0171. The second kappa shape index (κ2) is 36.0. The van der Waals surface area contributed by atoms with Gasteiger partial charge in [-0.1, -0.05) is 105 Å². The maximum absolute atomic E-state index is 13.1. The predicted molar refractivity (Wildman–Crippen MR) is 294 cm³/mol. The molecule has 1 aromatic carbocycles. The number of rotatable bonds is 39. The fraction of sp³-hybridized carbons (Fsp3) is 0.721. The fourth-order valence-electron chi connectivity index (χ4n) is 9.01. The summed E-state index contributed by atoms with van der Waals surface area (Å²) in [4.78, 5) is 15.7. The molecule has 7 nitrogen and oxygen atoms in total. The van der Waals surface area contributed by atoms with Crippen molar-refractivity contribution in [2.75, 3.05) is 53.9 Å². The smallest absolute Gasteiger partial charge is 0.311 e. The number of aliphatic hydroxyl groups is 1. The number of carbonyl (C=O) groups is 1. The van der Waals surface area contributed by atoms with E-state index < -0.39 is 6.23 Å². The topological polar surface area (TPSA) is 71.0 Å². The molecule has 388 valence electrons. The molecule has 0 amide bonds. The summed E-state index contributed by atoms with van der Waals surface area (Å²) >= 11 is 0. The Morgan fingerprint density at radius 3 is 2.07 bits per heavy atom. The number of nitrogens with zero attached hydrogens (tertiary/aromatic N) is 2. The number of hydrogen-bond donors (Lipinski definition) is 2. The summed E-state index contributed by atoms with van der Waals surface area (Å²) in [6.07, 6.45) is 44.4. The molecule has 0 fully saturated rings. The summed E-state index contributed by atoms with van der Waals surface area (Å²) < 4.78 is 13.7. The summed E-state index contributed by atoms with van der Waals surface area (Å²) in [5.74, 6) is 1.53. The van der Waals surface area contributed by atoms with Gasteiger partial charge in [0.2, 0.25) is 0 Å². The van der Waals surface area contributed by atoms with Crippen LogP contribution in [0.2, 0.25) is 0 Å². The Labute approximate surface area is 420 Å². The van der Waals surface area contributed by atoms with Crippen molar-refractivity contribution in [1.82, 2.24) is 10.2 Å².